The molecule has 0 atom stereocenters. The van der Waals surface area contributed by atoms with E-state index in [1.54, 1.807) is 23.9 Å². The van der Waals surface area contributed by atoms with Crippen LogP contribution in [0.3, 0.4) is 0 Å². The molecule has 1 aliphatic carbocycles. The highest BCUT2D eigenvalue weighted by Gasteiger charge is 2.30. The molecule has 4 rings (SSSR count). The van der Waals surface area contributed by atoms with Gasteiger partial charge in [-0.25, -0.2) is 13.2 Å². The summed E-state index contributed by atoms with van der Waals surface area (Å²) in [5.41, 5.74) is 0.202. The van der Waals surface area contributed by atoms with Gasteiger partial charge in [-0.2, -0.15) is 0 Å². The van der Waals surface area contributed by atoms with E-state index in [9.17, 15) is 22.8 Å². The van der Waals surface area contributed by atoms with Crippen LogP contribution in [0.2, 0.25) is 0 Å². The molecule has 0 radical (unpaired) electrons. The van der Waals surface area contributed by atoms with E-state index < -0.39 is 23.4 Å². The Bertz CT molecular complexity index is 1050. The van der Waals surface area contributed by atoms with Gasteiger partial charge in [-0.1, -0.05) is 0 Å². The number of nitrogens with zero attached hydrogens (tertiary/aromatic N) is 1. The summed E-state index contributed by atoms with van der Waals surface area (Å²) in [5, 5.41) is 2.79. The number of anilines is 1. The van der Waals surface area contributed by atoms with Crippen LogP contribution in [-0.2, 0) is 4.79 Å². The molecule has 4 nitrogen and oxygen atoms in total. The zero-order chi connectivity index (χ0) is 24.2. The number of likely N-dealkylation sites (tertiary alicyclic amines) is 1. The normalized spacial score (nSPS) is 20.8. The standard InChI is InChI=1S/C25H26F3IN2O2S/c26-19-13-17(14-20(27)23(19)28)30-24(32)16-6-9-21(29)22(12-16)34-18-7-4-15(5-8-18)25(33)31-10-2-1-3-11-31/h6,9,12-15,18H,1-5,7-8,10-11H2,(H,30,32). The lowest BCUT2D eigenvalue weighted by atomic mass is 9.87. The Morgan fingerprint density at radius 3 is 2.24 bits per heavy atom. The summed E-state index contributed by atoms with van der Waals surface area (Å²) in [7, 11) is 0. The van der Waals surface area contributed by atoms with Gasteiger partial charge in [0.05, 0.1) is 0 Å². The second-order valence-electron chi connectivity index (χ2n) is 8.83. The quantitative estimate of drug-likeness (QED) is 0.309. The van der Waals surface area contributed by atoms with Gasteiger partial charge in [-0.15, -0.1) is 11.8 Å². The van der Waals surface area contributed by atoms with Crippen molar-refractivity contribution in [3.63, 3.8) is 0 Å². The van der Waals surface area contributed by atoms with Gasteiger partial charge in [0, 0.05) is 56.1 Å². The number of hydrogen-bond acceptors (Lipinski definition) is 3. The van der Waals surface area contributed by atoms with Crippen molar-refractivity contribution in [1.29, 1.82) is 0 Å². The largest absolute Gasteiger partial charge is 0.342 e. The predicted molar refractivity (Wildman–Crippen MR) is 135 cm³/mol. The molecule has 1 saturated heterocycles. The third-order valence-corrected chi connectivity index (χ3v) is 9.12. The third kappa shape index (κ3) is 6.08. The van der Waals surface area contributed by atoms with E-state index in [0.29, 0.717) is 16.7 Å². The minimum atomic E-state index is -1.57. The van der Waals surface area contributed by atoms with Crippen LogP contribution in [0.1, 0.15) is 55.3 Å². The molecule has 2 aliphatic rings. The number of piperidine rings is 1. The first-order chi connectivity index (χ1) is 16.3. The maximum atomic E-state index is 13.5. The molecule has 2 fully saturated rings. The molecular weight excluding hydrogens is 576 g/mol. The van der Waals surface area contributed by atoms with Crippen LogP contribution < -0.4 is 5.32 Å². The van der Waals surface area contributed by atoms with E-state index in [2.05, 4.69) is 27.9 Å². The maximum absolute atomic E-state index is 13.5. The van der Waals surface area contributed by atoms with Gasteiger partial charge in [-0.3, -0.25) is 9.59 Å². The third-order valence-electron chi connectivity index (χ3n) is 6.42. The molecule has 1 aliphatic heterocycles. The van der Waals surface area contributed by atoms with Crippen LogP contribution in [0.15, 0.2) is 35.2 Å². The van der Waals surface area contributed by atoms with E-state index in [1.807, 2.05) is 11.0 Å². The minimum Gasteiger partial charge on any atom is -0.342 e. The van der Waals surface area contributed by atoms with Crippen molar-refractivity contribution in [1.82, 2.24) is 4.90 Å². The Morgan fingerprint density at radius 2 is 1.59 bits per heavy atom. The summed E-state index contributed by atoms with van der Waals surface area (Å²) in [6.07, 6.45) is 7.05. The van der Waals surface area contributed by atoms with E-state index >= 15 is 0 Å². The van der Waals surface area contributed by atoms with Gasteiger partial charge in [-0.05, 0) is 85.7 Å². The Hall–Kier alpha value is -1.75. The van der Waals surface area contributed by atoms with Crippen molar-refractivity contribution in [3.05, 3.63) is 56.9 Å². The van der Waals surface area contributed by atoms with Crippen molar-refractivity contribution < 1.29 is 22.8 Å². The first kappa shape index (κ1) is 25.3. The number of hydrogen-bond donors (Lipinski definition) is 1. The van der Waals surface area contributed by atoms with E-state index in [1.165, 1.54) is 6.42 Å². The number of halogens is 4. The number of thioether (sulfide) groups is 1. The van der Waals surface area contributed by atoms with Gasteiger partial charge < -0.3 is 10.2 Å². The summed E-state index contributed by atoms with van der Waals surface area (Å²) in [6, 6.07) is 6.74. The average molecular weight is 602 g/mol. The van der Waals surface area contributed by atoms with Crippen LogP contribution in [-0.4, -0.2) is 35.1 Å². The lowest BCUT2D eigenvalue weighted by Crippen LogP contribution is -2.41. The lowest BCUT2D eigenvalue weighted by molar-refractivity contribution is -0.137. The Morgan fingerprint density at radius 1 is 0.941 bits per heavy atom. The van der Waals surface area contributed by atoms with Crippen LogP contribution >= 0.6 is 34.4 Å². The summed E-state index contributed by atoms with van der Waals surface area (Å²) >= 11 is 3.93. The van der Waals surface area contributed by atoms with Gasteiger partial charge >= 0.3 is 0 Å². The topological polar surface area (TPSA) is 49.4 Å². The Labute approximate surface area is 215 Å². The number of amides is 2. The molecule has 34 heavy (non-hydrogen) atoms. The van der Waals surface area contributed by atoms with Gasteiger partial charge in [0.15, 0.2) is 17.5 Å². The van der Waals surface area contributed by atoms with Crippen LogP contribution in [0.25, 0.3) is 0 Å². The fraction of sp³-hybridized carbons (Fsp3) is 0.440. The first-order valence-electron chi connectivity index (χ1n) is 11.5. The van der Waals surface area contributed by atoms with Crippen molar-refractivity contribution in [2.24, 2.45) is 5.92 Å². The predicted octanol–water partition coefficient (Wildman–Crippen LogP) is 6.62. The molecule has 1 heterocycles. The van der Waals surface area contributed by atoms with Crippen molar-refractivity contribution in [2.45, 2.75) is 55.1 Å². The molecule has 2 amide bonds. The Kier molecular flexibility index (Phi) is 8.44. The average Bonchev–Trinajstić information content (AvgIpc) is 2.84. The fourth-order valence-corrected chi connectivity index (χ4v) is 6.51. The fourth-order valence-electron chi connectivity index (χ4n) is 4.55. The molecule has 182 valence electrons. The second-order valence-corrected chi connectivity index (χ2v) is 11.3. The zero-order valence-electron chi connectivity index (χ0n) is 18.6. The first-order valence-corrected chi connectivity index (χ1v) is 13.5. The molecule has 0 aromatic heterocycles. The summed E-state index contributed by atoms with van der Waals surface area (Å²) in [4.78, 5) is 28.4. The number of carbonyl (C=O) groups excluding carboxylic acids is 2. The van der Waals surface area contributed by atoms with Gasteiger partial charge in [0.1, 0.15) is 0 Å². The summed E-state index contributed by atoms with van der Waals surface area (Å²) < 4.78 is 41.1. The molecule has 2 aromatic rings. The van der Waals surface area contributed by atoms with E-state index in [0.717, 1.165) is 72.2 Å². The Balaban J connectivity index is 1.36. The molecular formula is C25H26F3IN2O2S. The maximum Gasteiger partial charge on any atom is 0.255 e. The molecule has 0 spiro atoms. The van der Waals surface area contributed by atoms with Crippen molar-refractivity contribution >= 4 is 51.9 Å². The highest BCUT2D eigenvalue weighted by Crippen LogP contribution is 2.39. The summed E-state index contributed by atoms with van der Waals surface area (Å²) in [5.74, 6) is -4.39. The lowest BCUT2D eigenvalue weighted by Gasteiger charge is -2.34. The number of benzene rings is 2. The SMILES string of the molecule is O=C(Nc1cc(F)c(F)c(F)c1)c1ccc(I)c(SC2CCC(C(=O)N3CCCCC3)CC2)c1. The second kappa shape index (κ2) is 11.3. The molecule has 9 heteroatoms. The molecule has 1 saturated carbocycles. The smallest absolute Gasteiger partial charge is 0.255 e. The zero-order valence-corrected chi connectivity index (χ0v) is 21.6. The van der Waals surface area contributed by atoms with Crippen molar-refractivity contribution in [2.75, 3.05) is 18.4 Å². The molecule has 1 N–H and O–H groups in total. The number of rotatable bonds is 5. The summed E-state index contributed by atoms with van der Waals surface area (Å²) in [6.45, 7) is 1.77. The van der Waals surface area contributed by atoms with Gasteiger partial charge in [0.2, 0.25) is 5.91 Å². The number of nitrogens with one attached hydrogen (secondary N) is 1. The monoisotopic (exact) mass is 602 g/mol. The highest BCUT2D eigenvalue weighted by atomic mass is 127. The highest BCUT2D eigenvalue weighted by molar-refractivity contribution is 14.1. The van der Waals surface area contributed by atoms with Gasteiger partial charge in [0.25, 0.3) is 5.91 Å². The molecule has 0 unspecified atom stereocenters. The molecule has 0 bridgehead atoms. The van der Waals surface area contributed by atoms with E-state index in [-0.39, 0.29) is 11.6 Å². The van der Waals surface area contributed by atoms with Crippen LogP contribution in [0.4, 0.5) is 18.9 Å². The van der Waals surface area contributed by atoms with E-state index in [4.69, 9.17) is 0 Å². The van der Waals surface area contributed by atoms with Crippen LogP contribution in [0, 0.1) is 26.9 Å². The molecule has 2 aromatic carbocycles. The minimum absolute atomic E-state index is 0.114. The van der Waals surface area contributed by atoms with Crippen LogP contribution in [0.5, 0.6) is 0 Å². The van der Waals surface area contributed by atoms with Crippen molar-refractivity contribution in [3.8, 4) is 0 Å². The number of carbonyl (C=O) groups is 2.